The van der Waals surface area contributed by atoms with Crippen molar-refractivity contribution in [3.05, 3.63) is 200 Å². The lowest BCUT2D eigenvalue weighted by atomic mass is 10.0. The van der Waals surface area contributed by atoms with Gasteiger partial charge in [0.15, 0.2) is 23.3 Å². The maximum atomic E-state index is 4.95. The SMILES string of the molecule is c1ccc(-c2nc(-c3ccccc3)nc(-c3cnc(-n4c5ccccc5c5cc(-c6ccc(N(c7ccccc7)c7ccccc7)cc6)ccc54)cn3)n2)cc1. The number of para-hydroxylation sites is 3. The van der Waals surface area contributed by atoms with E-state index in [1.165, 1.54) is 0 Å². The van der Waals surface area contributed by atoms with Crippen molar-refractivity contribution in [1.82, 2.24) is 29.5 Å². The summed E-state index contributed by atoms with van der Waals surface area (Å²) in [5.74, 6) is 2.33. The summed E-state index contributed by atoms with van der Waals surface area (Å²) < 4.78 is 2.17. The van der Waals surface area contributed by atoms with Crippen LogP contribution < -0.4 is 4.90 Å². The van der Waals surface area contributed by atoms with Crippen LogP contribution in [0.5, 0.6) is 0 Å². The number of rotatable bonds is 8. The first kappa shape index (κ1) is 32.8. The fourth-order valence-electron chi connectivity index (χ4n) is 7.28. The van der Waals surface area contributed by atoms with E-state index in [9.17, 15) is 0 Å². The molecule has 0 atom stereocenters. The Hall–Kier alpha value is -7.77. The Kier molecular flexibility index (Phi) is 8.35. The molecule has 56 heavy (non-hydrogen) atoms. The average Bonchev–Trinajstić information content (AvgIpc) is 3.62. The van der Waals surface area contributed by atoms with Gasteiger partial charge in [-0.2, -0.15) is 0 Å². The summed E-state index contributed by atoms with van der Waals surface area (Å²) in [7, 11) is 0. The van der Waals surface area contributed by atoms with Crippen molar-refractivity contribution in [2.45, 2.75) is 0 Å². The zero-order valence-corrected chi connectivity index (χ0v) is 30.2. The summed E-state index contributed by atoms with van der Waals surface area (Å²) in [6, 6.07) is 64.7. The van der Waals surface area contributed by atoms with Gasteiger partial charge in [0.05, 0.1) is 23.4 Å². The minimum atomic E-state index is 0.463. The molecule has 10 aromatic rings. The first-order valence-corrected chi connectivity index (χ1v) is 18.5. The Morgan fingerprint density at radius 1 is 0.357 bits per heavy atom. The van der Waals surface area contributed by atoms with E-state index in [1.54, 1.807) is 12.4 Å². The normalized spacial score (nSPS) is 11.2. The lowest BCUT2D eigenvalue weighted by molar-refractivity contribution is 1.02. The maximum Gasteiger partial charge on any atom is 0.184 e. The Balaban J connectivity index is 1.01. The van der Waals surface area contributed by atoms with Crippen LogP contribution in [-0.2, 0) is 0 Å². The summed E-state index contributed by atoms with van der Waals surface area (Å²) in [6.07, 6.45) is 3.55. The highest BCUT2D eigenvalue weighted by Gasteiger charge is 2.18. The highest BCUT2D eigenvalue weighted by molar-refractivity contribution is 6.10. The van der Waals surface area contributed by atoms with E-state index in [1.807, 2.05) is 72.8 Å². The smallest absolute Gasteiger partial charge is 0.184 e. The molecule has 264 valence electrons. The Morgan fingerprint density at radius 2 is 0.857 bits per heavy atom. The summed E-state index contributed by atoms with van der Waals surface area (Å²) in [5.41, 5.74) is 10.1. The van der Waals surface area contributed by atoms with E-state index in [4.69, 9.17) is 24.9 Å². The van der Waals surface area contributed by atoms with Crippen molar-refractivity contribution in [3.63, 3.8) is 0 Å². The number of hydrogen-bond acceptors (Lipinski definition) is 6. The second-order valence-corrected chi connectivity index (χ2v) is 13.4. The summed E-state index contributed by atoms with van der Waals surface area (Å²) >= 11 is 0. The highest BCUT2D eigenvalue weighted by Crippen LogP contribution is 2.38. The second kappa shape index (κ2) is 14.2. The molecule has 0 aliphatic carbocycles. The molecule has 7 heteroatoms. The Morgan fingerprint density at radius 3 is 1.45 bits per heavy atom. The molecule has 3 aromatic heterocycles. The molecule has 0 N–H and O–H groups in total. The molecule has 0 amide bonds. The third-order valence-electron chi connectivity index (χ3n) is 9.96. The molecule has 7 aromatic carbocycles. The third-order valence-corrected chi connectivity index (χ3v) is 9.96. The zero-order chi connectivity index (χ0) is 37.3. The molecule has 0 spiro atoms. The second-order valence-electron chi connectivity index (χ2n) is 13.4. The fourth-order valence-corrected chi connectivity index (χ4v) is 7.28. The van der Waals surface area contributed by atoms with Crippen LogP contribution >= 0.6 is 0 Å². The first-order chi connectivity index (χ1) is 27.8. The molecular weight excluding hydrogens is 687 g/mol. The van der Waals surface area contributed by atoms with Gasteiger partial charge >= 0.3 is 0 Å². The van der Waals surface area contributed by atoms with Crippen LogP contribution in [0.3, 0.4) is 0 Å². The minimum absolute atomic E-state index is 0.463. The van der Waals surface area contributed by atoms with Crippen LogP contribution in [0.4, 0.5) is 17.1 Å². The van der Waals surface area contributed by atoms with Gasteiger partial charge in [-0.15, -0.1) is 0 Å². The van der Waals surface area contributed by atoms with Crippen molar-refractivity contribution in [2.75, 3.05) is 4.90 Å². The summed E-state index contributed by atoms with van der Waals surface area (Å²) in [5, 5.41) is 2.28. The number of anilines is 3. The zero-order valence-electron chi connectivity index (χ0n) is 30.2. The molecule has 10 rings (SSSR count). The van der Waals surface area contributed by atoms with Gasteiger partial charge in [0, 0.05) is 39.0 Å². The van der Waals surface area contributed by atoms with E-state index < -0.39 is 0 Å². The molecule has 0 unspecified atom stereocenters. The predicted octanol–water partition coefficient (Wildman–Crippen LogP) is 11.9. The molecule has 0 fully saturated rings. The fraction of sp³-hybridized carbons (Fsp3) is 0. The molecular formula is C49H33N7. The van der Waals surface area contributed by atoms with Crippen LogP contribution in [0.2, 0.25) is 0 Å². The summed E-state index contributed by atoms with van der Waals surface area (Å²) in [6.45, 7) is 0. The van der Waals surface area contributed by atoms with Crippen molar-refractivity contribution in [1.29, 1.82) is 0 Å². The van der Waals surface area contributed by atoms with Crippen molar-refractivity contribution in [3.8, 4) is 51.2 Å². The number of hydrogen-bond donors (Lipinski definition) is 0. The summed E-state index contributed by atoms with van der Waals surface area (Å²) in [4.78, 5) is 26.6. The van der Waals surface area contributed by atoms with Crippen LogP contribution in [-0.4, -0.2) is 29.5 Å². The van der Waals surface area contributed by atoms with Crippen LogP contribution in [0.25, 0.3) is 73.0 Å². The average molecular weight is 720 g/mol. The lowest BCUT2D eigenvalue weighted by Crippen LogP contribution is -2.09. The minimum Gasteiger partial charge on any atom is -0.311 e. The Labute approximate surface area is 323 Å². The van der Waals surface area contributed by atoms with Crippen LogP contribution in [0.1, 0.15) is 0 Å². The van der Waals surface area contributed by atoms with Crippen molar-refractivity contribution >= 4 is 38.9 Å². The van der Waals surface area contributed by atoms with Crippen LogP contribution in [0.15, 0.2) is 200 Å². The first-order valence-electron chi connectivity index (χ1n) is 18.5. The quantitative estimate of drug-likeness (QED) is 0.156. The van der Waals surface area contributed by atoms with Gasteiger partial charge in [0.25, 0.3) is 0 Å². The van der Waals surface area contributed by atoms with E-state index in [0.29, 0.717) is 29.0 Å². The van der Waals surface area contributed by atoms with Gasteiger partial charge < -0.3 is 4.90 Å². The van der Waals surface area contributed by atoms with Gasteiger partial charge in [0.2, 0.25) is 0 Å². The monoisotopic (exact) mass is 719 g/mol. The Bertz CT molecular complexity index is 2830. The molecule has 7 nitrogen and oxygen atoms in total. The van der Waals surface area contributed by atoms with Crippen molar-refractivity contribution < 1.29 is 0 Å². The lowest BCUT2D eigenvalue weighted by Gasteiger charge is -2.25. The van der Waals surface area contributed by atoms with E-state index >= 15 is 0 Å². The van der Waals surface area contributed by atoms with Gasteiger partial charge in [-0.3, -0.25) is 4.57 Å². The van der Waals surface area contributed by atoms with Crippen LogP contribution in [0, 0.1) is 0 Å². The number of fused-ring (bicyclic) bond motifs is 3. The molecule has 0 saturated heterocycles. The van der Waals surface area contributed by atoms with E-state index in [-0.39, 0.29) is 0 Å². The largest absolute Gasteiger partial charge is 0.311 e. The van der Waals surface area contributed by atoms with E-state index in [0.717, 1.165) is 61.1 Å². The molecule has 0 bridgehead atoms. The number of aromatic nitrogens is 6. The molecule has 0 radical (unpaired) electrons. The topological polar surface area (TPSA) is 72.6 Å². The predicted molar refractivity (Wildman–Crippen MR) is 226 cm³/mol. The number of benzene rings is 7. The van der Waals surface area contributed by atoms with Gasteiger partial charge in [-0.05, 0) is 65.7 Å². The highest BCUT2D eigenvalue weighted by atomic mass is 15.1. The molecule has 0 aliphatic rings. The molecule has 0 saturated carbocycles. The number of nitrogens with zero attached hydrogens (tertiary/aromatic N) is 7. The van der Waals surface area contributed by atoms with Gasteiger partial charge in [-0.1, -0.05) is 133 Å². The standard InChI is InChI=1S/C49H33N7/c1-5-15-35(16-6-1)47-52-48(36-17-7-2-8-18-36)54-49(53-47)43-32-51-46(33-50-43)56-44-24-14-13-23-41(44)42-31-37(27-30-45(42)56)34-25-28-40(29-26-34)55(38-19-9-3-10-20-38)39-21-11-4-12-22-39/h1-33H. The molecule has 0 aliphatic heterocycles. The van der Waals surface area contributed by atoms with E-state index in [2.05, 4.69) is 125 Å². The van der Waals surface area contributed by atoms with Gasteiger partial charge in [0.1, 0.15) is 5.69 Å². The maximum absolute atomic E-state index is 4.95. The molecule has 3 heterocycles. The van der Waals surface area contributed by atoms with Crippen molar-refractivity contribution in [2.24, 2.45) is 0 Å². The third kappa shape index (κ3) is 6.13. The van der Waals surface area contributed by atoms with Gasteiger partial charge in [-0.25, -0.2) is 24.9 Å².